The lowest BCUT2D eigenvalue weighted by atomic mass is 10.2. The highest BCUT2D eigenvalue weighted by atomic mass is 79.9. The van der Waals surface area contributed by atoms with Crippen LogP contribution in [0.15, 0.2) is 63.5 Å². The predicted octanol–water partition coefficient (Wildman–Crippen LogP) is 5.37. The van der Waals surface area contributed by atoms with Gasteiger partial charge in [-0.3, -0.25) is 4.79 Å². The van der Waals surface area contributed by atoms with Crippen LogP contribution in [0, 0.1) is 0 Å². The molecule has 1 aliphatic heterocycles. The summed E-state index contributed by atoms with van der Waals surface area (Å²) in [4.78, 5) is 17.1. The van der Waals surface area contributed by atoms with Crippen LogP contribution in [0.5, 0.6) is 0 Å². The molecule has 0 spiro atoms. The number of rotatable bonds is 4. The zero-order valence-electron chi connectivity index (χ0n) is 16.0. The molecule has 0 atom stereocenters. The Morgan fingerprint density at radius 3 is 2.45 bits per heavy atom. The van der Waals surface area contributed by atoms with Crippen molar-refractivity contribution in [3.8, 4) is 11.3 Å². The van der Waals surface area contributed by atoms with Crippen molar-refractivity contribution < 1.29 is 9.21 Å². The van der Waals surface area contributed by atoms with E-state index in [1.807, 2.05) is 36.4 Å². The number of furan rings is 1. The number of hydrogen-bond acceptors (Lipinski definition) is 4. The average molecular weight is 475 g/mol. The van der Waals surface area contributed by atoms with E-state index < -0.39 is 0 Å². The molecule has 1 fully saturated rings. The van der Waals surface area contributed by atoms with Gasteiger partial charge >= 0.3 is 0 Å². The van der Waals surface area contributed by atoms with Gasteiger partial charge in [-0.25, -0.2) is 0 Å². The zero-order chi connectivity index (χ0) is 20.4. The van der Waals surface area contributed by atoms with Crippen LogP contribution in [-0.4, -0.2) is 44.0 Å². The highest BCUT2D eigenvalue weighted by molar-refractivity contribution is 9.10. The predicted molar refractivity (Wildman–Crippen MR) is 121 cm³/mol. The highest BCUT2D eigenvalue weighted by Gasteiger charge is 2.18. The van der Waals surface area contributed by atoms with Crippen LogP contribution in [-0.2, 0) is 0 Å². The van der Waals surface area contributed by atoms with Crippen molar-refractivity contribution in [1.29, 1.82) is 0 Å². The van der Waals surface area contributed by atoms with Crippen molar-refractivity contribution >= 4 is 44.8 Å². The molecule has 1 aliphatic rings. The van der Waals surface area contributed by atoms with E-state index in [1.165, 1.54) is 0 Å². The van der Waals surface area contributed by atoms with E-state index in [0.29, 0.717) is 16.5 Å². The van der Waals surface area contributed by atoms with Gasteiger partial charge in [0.15, 0.2) is 5.76 Å². The lowest BCUT2D eigenvalue weighted by molar-refractivity contribution is 0.0997. The van der Waals surface area contributed by atoms with Gasteiger partial charge in [0.2, 0.25) is 0 Å². The Labute approximate surface area is 183 Å². The number of carbonyl (C=O) groups is 1. The standard InChI is InChI=1S/C22H21BrClN3O2/c1-26-10-12-27(13-11-26)19-7-6-17(14-18(19)24)25-22(28)21-9-8-20(29-21)15-2-4-16(23)5-3-15/h2-9,14H,10-13H2,1H3,(H,25,28). The summed E-state index contributed by atoms with van der Waals surface area (Å²) in [5.41, 5.74) is 2.54. The minimum Gasteiger partial charge on any atom is -0.451 e. The quantitative estimate of drug-likeness (QED) is 0.552. The second-order valence-corrected chi connectivity index (χ2v) is 8.40. The first-order valence-electron chi connectivity index (χ1n) is 9.40. The first-order chi connectivity index (χ1) is 14.0. The normalized spacial score (nSPS) is 14.8. The molecular formula is C22H21BrClN3O2. The fourth-order valence-corrected chi connectivity index (χ4v) is 3.87. The van der Waals surface area contributed by atoms with Crippen LogP contribution in [0.3, 0.4) is 0 Å². The first kappa shape index (κ1) is 20.0. The summed E-state index contributed by atoms with van der Waals surface area (Å²) in [6, 6.07) is 16.8. The number of piperazine rings is 1. The summed E-state index contributed by atoms with van der Waals surface area (Å²) in [6.07, 6.45) is 0. The summed E-state index contributed by atoms with van der Waals surface area (Å²) in [7, 11) is 2.12. The third-order valence-electron chi connectivity index (χ3n) is 5.01. The van der Waals surface area contributed by atoms with Crippen LogP contribution >= 0.6 is 27.5 Å². The molecule has 150 valence electrons. The van der Waals surface area contributed by atoms with Gasteiger partial charge in [-0.05, 0) is 49.5 Å². The average Bonchev–Trinajstić information content (AvgIpc) is 3.20. The SMILES string of the molecule is CN1CCN(c2ccc(NC(=O)c3ccc(-c4ccc(Br)cc4)o3)cc2Cl)CC1. The van der Waals surface area contributed by atoms with E-state index in [-0.39, 0.29) is 11.7 Å². The molecule has 3 aromatic rings. The highest BCUT2D eigenvalue weighted by Crippen LogP contribution is 2.30. The zero-order valence-corrected chi connectivity index (χ0v) is 18.3. The number of nitrogens with one attached hydrogen (secondary N) is 1. The van der Waals surface area contributed by atoms with Crippen molar-refractivity contribution in [2.75, 3.05) is 43.4 Å². The lowest BCUT2D eigenvalue weighted by Crippen LogP contribution is -2.44. The Hall–Kier alpha value is -2.28. The van der Waals surface area contributed by atoms with Gasteiger partial charge in [-0.2, -0.15) is 0 Å². The molecule has 0 bridgehead atoms. The maximum Gasteiger partial charge on any atom is 0.291 e. The van der Waals surface area contributed by atoms with Crippen LogP contribution < -0.4 is 10.2 Å². The molecule has 7 heteroatoms. The van der Waals surface area contributed by atoms with Crippen molar-refractivity contribution in [3.63, 3.8) is 0 Å². The number of amides is 1. The second-order valence-electron chi connectivity index (χ2n) is 7.08. The number of halogens is 2. The Balaban J connectivity index is 1.45. The molecule has 1 saturated heterocycles. The van der Waals surface area contributed by atoms with Gasteiger partial charge in [0, 0.05) is 41.9 Å². The minimum atomic E-state index is -0.309. The Bertz CT molecular complexity index is 1010. The van der Waals surface area contributed by atoms with Crippen molar-refractivity contribution in [2.45, 2.75) is 0 Å². The number of hydrogen-bond donors (Lipinski definition) is 1. The summed E-state index contributed by atoms with van der Waals surface area (Å²) in [6.45, 7) is 3.89. The third kappa shape index (κ3) is 4.66. The van der Waals surface area contributed by atoms with E-state index in [4.69, 9.17) is 16.0 Å². The molecule has 4 rings (SSSR count). The Morgan fingerprint density at radius 1 is 1.03 bits per heavy atom. The smallest absolute Gasteiger partial charge is 0.291 e. The van der Waals surface area contributed by atoms with Gasteiger partial charge in [-0.15, -0.1) is 0 Å². The van der Waals surface area contributed by atoms with Crippen LogP contribution in [0.2, 0.25) is 5.02 Å². The van der Waals surface area contributed by atoms with Crippen LogP contribution in [0.1, 0.15) is 10.6 Å². The van der Waals surface area contributed by atoms with Gasteiger partial charge < -0.3 is 19.5 Å². The second kappa shape index (κ2) is 8.61. The van der Waals surface area contributed by atoms with E-state index >= 15 is 0 Å². The molecule has 1 aromatic heterocycles. The molecule has 1 amide bonds. The third-order valence-corrected chi connectivity index (χ3v) is 5.84. The maximum atomic E-state index is 12.6. The van der Waals surface area contributed by atoms with Gasteiger partial charge in [0.25, 0.3) is 5.91 Å². The van der Waals surface area contributed by atoms with E-state index in [1.54, 1.807) is 18.2 Å². The fourth-order valence-electron chi connectivity index (χ4n) is 3.31. The Morgan fingerprint density at radius 2 is 1.76 bits per heavy atom. The number of benzene rings is 2. The summed E-state index contributed by atoms with van der Waals surface area (Å²) < 4.78 is 6.72. The molecule has 2 aromatic carbocycles. The number of carbonyl (C=O) groups excluding carboxylic acids is 1. The number of nitrogens with zero attached hydrogens (tertiary/aromatic N) is 2. The molecule has 1 N–H and O–H groups in total. The van der Waals surface area contributed by atoms with E-state index in [2.05, 4.69) is 38.1 Å². The van der Waals surface area contributed by atoms with E-state index in [9.17, 15) is 4.79 Å². The van der Waals surface area contributed by atoms with Crippen LogP contribution in [0.25, 0.3) is 11.3 Å². The molecule has 0 unspecified atom stereocenters. The number of anilines is 2. The van der Waals surface area contributed by atoms with Crippen LogP contribution in [0.4, 0.5) is 11.4 Å². The summed E-state index contributed by atoms with van der Waals surface area (Å²) in [5, 5.41) is 3.49. The molecule has 29 heavy (non-hydrogen) atoms. The molecule has 0 saturated carbocycles. The Kier molecular flexibility index (Phi) is 5.94. The largest absolute Gasteiger partial charge is 0.451 e. The van der Waals surface area contributed by atoms with Gasteiger partial charge in [0.1, 0.15) is 5.76 Å². The lowest BCUT2D eigenvalue weighted by Gasteiger charge is -2.34. The van der Waals surface area contributed by atoms with Crippen molar-refractivity contribution in [3.05, 3.63) is 69.9 Å². The molecular weight excluding hydrogens is 454 g/mol. The molecule has 0 radical (unpaired) electrons. The summed E-state index contributed by atoms with van der Waals surface area (Å²) >= 11 is 9.90. The minimum absolute atomic E-state index is 0.252. The van der Waals surface area contributed by atoms with E-state index in [0.717, 1.165) is 41.9 Å². The molecule has 5 nitrogen and oxygen atoms in total. The topological polar surface area (TPSA) is 48.7 Å². The molecule has 0 aliphatic carbocycles. The summed E-state index contributed by atoms with van der Waals surface area (Å²) in [5.74, 6) is 0.588. The van der Waals surface area contributed by atoms with Gasteiger partial charge in [0.05, 0.1) is 10.7 Å². The van der Waals surface area contributed by atoms with Crippen molar-refractivity contribution in [2.24, 2.45) is 0 Å². The first-order valence-corrected chi connectivity index (χ1v) is 10.6. The monoisotopic (exact) mass is 473 g/mol. The number of likely N-dealkylation sites (N-methyl/N-ethyl adjacent to an activating group) is 1. The molecule has 2 heterocycles. The van der Waals surface area contributed by atoms with Gasteiger partial charge in [-0.1, -0.05) is 39.7 Å². The maximum absolute atomic E-state index is 12.6. The van der Waals surface area contributed by atoms with Crippen molar-refractivity contribution in [1.82, 2.24) is 4.90 Å². The fraction of sp³-hybridized carbons (Fsp3) is 0.227.